The molecule has 3 aromatic rings. The van der Waals surface area contributed by atoms with Gasteiger partial charge >= 0.3 is 0 Å². The van der Waals surface area contributed by atoms with Crippen molar-refractivity contribution in [2.75, 3.05) is 24.3 Å². The van der Waals surface area contributed by atoms with E-state index < -0.39 is 0 Å². The summed E-state index contributed by atoms with van der Waals surface area (Å²) in [6, 6.07) is 20.3. The smallest absolute Gasteiger partial charge is 0.131 e. The second kappa shape index (κ2) is 6.48. The third-order valence-electron chi connectivity index (χ3n) is 3.87. The summed E-state index contributed by atoms with van der Waals surface area (Å²) >= 11 is 0. The van der Waals surface area contributed by atoms with Crippen molar-refractivity contribution in [1.29, 1.82) is 0 Å². The van der Waals surface area contributed by atoms with Gasteiger partial charge in [0, 0.05) is 26.3 Å². The summed E-state index contributed by atoms with van der Waals surface area (Å²) in [6.45, 7) is 0.647. The van der Waals surface area contributed by atoms with Gasteiger partial charge in [-0.15, -0.1) is 4.91 Å². The first-order valence-electron chi connectivity index (χ1n) is 7.53. The summed E-state index contributed by atoms with van der Waals surface area (Å²) in [5, 5.41) is 8.95. The van der Waals surface area contributed by atoms with Crippen LogP contribution < -0.4 is 10.2 Å². The van der Waals surface area contributed by atoms with E-state index in [9.17, 15) is 4.91 Å². The van der Waals surface area contributed by atoms with Crippen molar-refractivity contribution in [3.63, 3.8) is 0 Å². The Bertz CT molecular complexity index is 843. The molecule has 0 amide bonds. The molecule has 3 rings (SSSR count). The van der Waals surface area contributed by atoms with Crippen LogP contribution in [0.1, 0.15) is 5.56 Å². The third-order valence-corrected chi connectivity index (χ3v) is 3.87. The number of anilines is 2. The number of nitrogens with zero attached hydrogens (tertiary/aromatic N) is 2. The number of hydrogen-bond acceptors (Lipinski definition) is 4. The molecule has 1 N–H and O–H groups in total. The Morgan fingerprint density at radius 2 is 1.74 bits per heavy atom. The molecule has 4 nitrogen and oxygen atoms in total. The maximum absolute atomic E-state index is 11.0. The maximum Gasteiger partial charge on any atom is 0.131 e. The molecule has 0 aromatic heterocycles. The molecule has 23 heavy (non-hydrogen) atoms. The fraction of sp³-hybridized carbons (Fsp3) is 0.158. The SMILES string of the molecule is CN(C)c1ccc(CNc2ccc3ccccc3c2)cc1N=O. The Hall–Kier alpha value is -2.88. The van der Waals surface area contributed by atoms with E-state index in [0.29, 0.717) is 12.2 Å². The molecule has 0 fully saturated rings. The van der Waals surface area contributed by atoms with E-state index in [0.717, 1.165) is 16.9 Å². The third kappa shape index (κ3) is 3.31. The zero-order valence-corrected chi connectivity index (χ0v) is 13.3. The Morgan fingerprint density at radius 1 is 0.957 bits per heavy atom. The first kappa shape index (κ1) is 15.0. The Balaban J connectivity index is 1.77. The van der Waals surface area contributed by atoms with Crippen LogP contribution in [0.4, 0.5) is 17.1 Å². The molecule has 4 heteroatoms. The fourth-order valence-electron chi connectivity index (χ4n) is 2.63. The summed E-state index contributed by atoms with van der Waals surface area (Å²) in [5.41, 5.74) is 3.38. The second-order valence-electron chi connectivity index (χ2n) is 5.72. The summed E-state index contributed by atoms with van der Waals surface area (Å²) in [7, 11) is 3.80. The molecule has 0 heterocycles. The van der Waals surface area contributed by atoms with Gasteiger partial charge in [0.2, 0.25) is 0 Å². The first-order valence-corrected chi connectivity index (χ1v) is 7.53. The van der Waals surface area contributed by atoms with Crippen LogP contribution in [0.5, 0.6) is 0 Å². The largest absolute Gasteiger partial charge is 0.381 e. The molecule has 0 unspecified atom stereocenters. The molecular formula is C19H19N3O. The van der Waals surface area contributed by atoms with Crippen LogP contribution in [0, 0.1) is 4.91 Å². The van der Waals surface area contributed by atoms with E-state index in [1.807, 2.05) is 49.3 Å². The van der Waals surface area contributed by atoms with E-state index in [4.69, 9.17) is 0 Å². The second-order valence-corrected chi connectivity index (χ2v) is 5.72. The normalized spacial score (nSPS) is 10.5. The van der Waals surface area contributed by atoms with Crippen molar-refractivity contribution >= 4 is 27.8 Å². The molecule has 116 valence electrons. The molecule has 0 spiro atoms. The van der Waals surface area contributed by atoms with Crippen LogP contribution in [0.2, 0.25) is 0 Å². The highest BCUT2D eigenvalue weighted by Gasteiger charge is 2.06. The minimum absolute atomic E-state index is 0.466. The van der Waals surface area contributed by atoms with Gasteiger partial charge in [-0.3, -0.25) is 0 Å². The molecule has 0 saturated carbocycles. The number of rotatable bonds is 5. The number of benzene rings is 3. The van der Waals surface area contributed by atoms with Gasteiger partial charge in [-0.2, -0.15) is 0 Å². The summed E-state index contributed by atoms with van der Waals surface area (Å²) in [4.78, 5) is 12.9. The van der Waals surface area contributed by atoms with Crippen LogP contribution in [0.3, 0.4) is 0 Å². The van der Waals surface area contributed by atoms with Gasteiger partial charge in [0.05, 0.1) is 5.69 Å². The predicted molar refractivity (Wildman–Crippen MR) is 97.5 cm³/mol. The van der Waals surface area contributed by atoms with Gasteiger partial charge in [0.15, 0.2) is 0 Å². The highest BCUT2D eigenvalue weighted by Crippen LogP contribution is 2.28. The zero-order valence-electron chi connectivity index (χ0n) is 13.3. The highest BCUT2D eigenvalue weighted by atomic mass is 16.3. The molecule has 0 radical (unpaired) electrons. The molecule has 0 aliphatic rings. The standard InChI is InChI=1S/C19H19N3O/c1-22(2)19-10-7-14(11-18(19)21-23)13-20-17-9-8-15-5-3-4-6-16(15)12-17/h3-12,20H,13H2,1-2H3. The minimum atomic E-state index is 0.466. The molecule has 0 saturated heterocycles. The van der Waals surface area contributed by atoms with Crippen molar-refractivity contribution in [3.05, 3.63) is 71.1 Å². The molecular weight excluding hydrogens is 286 g/mol. The number of nitroso groups, excluding NO2 is 1. The molecule has 0 aliphatic carbocycles. The van der Waals surface area contributed by atoms with E-state index >= 15 is 0 Å². The van der Waals surface area contributed by atoms with Crippen molar-refractivity contribution in [2.45, 2.75) is 6.54 Å². The highest BCUT2D eigenvalue weighted by molar-refractivity contribution is 5.85. The van der Waals surface area contributed by atoms with Crippen LogP contribution in [0.15, 0.2) is 65.8 Å². The molecule has 3 aromatic carbocycles. The summed E-state index contributed by atoms with van der Waals surface area (Å²) < 4.78 is 0. The average Bonchev–Trinajstić information content (AvgIpc) is 2.59. The van der Waals surface area contributed by atoms with Crippen molar-refractivity contribution < 1.29 is 0 Å². The van der Waals surface area contributed by atoms with Gasteiger partial charge in [0.25, 0.3) is 0 Å². The lowest BCUT2D eigenvalue weighted by Crippen LogP contribution is -2.09. The average molecular weight is 305 g/mol. The Morgan fingerprint density at radius 3 is 2.48 bits per heavy atom. The lowest BCUT2D eigenvalue weighted by atomic mass is 10.1. The van der Waals surface area contributed by atoms with Crippen LogP contribution in [-0.2, 0) is 6.54 Å². The van der Waals surface area contributed by atoms with E-state index in [1.165, 1.54) is 10.8 Å². The fourth-order valence-corrected chi connectivity index (χ4v) is 2.63. The first-order chi connectivity index (χ1) is 11.2. The van der Waals surface area contributed by atoms with Crippen LogP contribution in [0.25, 0.3) is 10.8 Å². The van der Waals surface area contributed by atoms with Crippen molar-refractivity contribution in [2.24, 2.45) is 5.18 Å². The maximum atomic E-state index is 11.0. The predicted octanol–water partition coefficient (Wildman–Crippen LogP) is 4.92. The number of nitrogens with one attached hydrogen (secondary N) is 1. The summed E-state index contributed by atoms with van der Waals surface area (Å²) in [5.74, 6) is 0. The van der Waals surface area contributed by atoms with Crippen LogP contribution >= 0.6 is 0 Å². The van der Waals surface area contributed by atoms with Gasteiger partial charge in [-0.05, 0) is 45.8 Å². The monoisotopic (exact) mass is 305 g/mol. The molecule has 0 atom stereocenters. The quantitative estimate of drug-likeness (QED) is 0.681. The van der Waals surface area contributed by atoms with E-state index in [2.05, 4.69) is 40.8 Å². The number of hydrogen-bond donors (Lipinski definition) is 1. The summed E-state index contributed by atoms with van der Waals surface area (Å²) in [6.07, 6.45) is 0. The molecule has 0 aliphatic heterocycles. The van der Waals surface area contributed by atoms with Gasteiger partial charge in [-0.25, -0.2) is 0 Å². The Kier molecular flexibility index (Phi) is 4.24. The Labute approximate surface area is 135 Å². The van der Waals surface area contributed by atoms with E-state index in [-0.39, 0.29) is 0 Å². The lowest BCUT2D eigenvalue weighted by Gasteiger charge is -2.15. The van der Waals surface area contributed by atoms with Crippen molar-refractivity contribution in [3.8, 4) is 0 Å². The number of fused-ring (bicyclic) bond motifs is 1. The van der Waals surface area contributed by atoms with Crippen molar-refractivity contribution in [1.82, 2.24) is 0 Å². The molecule has 0 bridgehead atoms. The van der Waals surface area contributed by atoms with Gasteiger partial charge < -0.3 is 10.2 Å². The lowest BCUT2D eigenvalue weighted by molar-refractivity contribution is 1.11. The zero-order chi connectivity index (χ0) is 16.2. The van der Waals surface area contributed by atoms with Gasteiger partial charge in [-0.1, -0.05) is 36.4 Å². The minimum Gasteiger partial charge on any atom is -0.381 e. The van der Waals surface area contributed by atoms with E-state index in [1.54, 1.807) is 0 Å². The van der Waals surface area contributed by atoms with Crippen LogP contribution in [-0.4, -0.2) is 14.1 Å². The van der Waals surface area contributed by atoms with Gasteiger partial charge in [0.1, 0.15) is 5.69 Å². The topological polar surface area (TPSA) is 44.7 Å².